The van der Waals surface area contributed by atoms with Crippen molar-refractivity contribution >= 4 is 16.8 Å². The molecule has 4 rings (SSSR count). The van der Waals surface area contributed by atoms with Gasteiger partial charge < -0.3 is 10.1 Å². The minimum atomic E-state index is -4.38. The fourth-order valence-electron chi connectivity index (χ4n) is 4.97. The van der Waals surface area contributed by atoms with Gasteiger partial charge in [-0.25, -0.2) is 4.98 Å². The fraction of sp³-hybridized carbons (Fsp3) is 0.423. The molecule has 2 aromatic heterocycles. The molecule has 2 heterocycles. The van der Waals surface area contributed by atoms with Gasteiger partial charge >= 0.3 is 6.18 Å². The summed E-state index contributed by atoms with van der Waals surface area (Å²) < 4.78 is 44.8. The third kappa shape index (κ3) is 5.16. The van der Waals surface area contributed by atoms with E-state index in [0.717, 1.165) is 43.7 Å². The molecule has 1 aliphatic rings. The van der Waals surface area contributed by atoms with Crippen molar-refractivity contribution in [2.45, 2.75) is 57.2 Å². The topological polar surface area (TPSA) is 64.1 Å². The van der Waals surface area contributed by atoms with Gasteiger partial charge in [-0.3, -0.25) is 9.78 Å². The average molecular weight is 472 g/mol. The molecule has 0 saturated heterocycles. The van der Waals surface area contributed by atoms with E-state index in [4.69, 9.17) is 4.74 Å². The first-order valence-corrected chi connectivity index (χ1v) is 11.6. The van der Waals surface area contributed by atoms with E-state index in [-0.39, 0.29) is 17.9 Å². The monoisotopic (exact) mass is 471 g/mol. The van der Waals surface area contributed by atoms with Crippen molar-refractivity contribution < 1.29 is 22.7 Å². The summed E-state index contributed by atoms with van der Waals surface area (Å²) >= 11 is 0. The lowest BCUT2D eigenvalue weighted by Crippen LogP contribution is -2.41. The third-order valence-electron chi connectivity index (χ3n) is 6.85. The van der Waals surface area contributed by atoms with Crippen LogP contribution in [0.4, 0.5) is 13.2 Å². The number of carbonyl (C=O) groups excluding carboxylic acids is 1. The van der Waals surface area contributed by atoms with Gasteiger partial charge in [-0.05, 0) is 79.8 Å². The van der Waals surface area contributed by atoms with Crippen LogP contribution in [0.3, 0.4) is 0 Å². The first-order valence-electron chi connectivity index (χ1n) is 11.6. The smallest absolute Gasteiger partial charge is 0.416 e. The van der Waals surface area contributed by atoms with E-state index in [9.17, 15) is 18.0 Å². The molecule has 3 aromatic rings. The number of carbonyl (C=O) groups is 1. The summed E-state index contributed by atoms with van der Waals surface area (Å²) in [4.78, 5) is 21.1. The summed E-state index contributed by atoms with van der Waals surface area (Å²) in [5, 5.41) is 3.72. The zero-order valence-electron chi connectivity index (χ0n) is 19.2. The molecule has 0 unspecified atom stereocenters. The van der Waals surface area contributed by atoms with Gasteiger partial charge in [-0.15, -0.1) is 0 Å². The zero-order valence-corrected chi connectivity index (χ0v) is 19.2. The Morgan fingerprint density at radius 3 is 2.50 bits per heavy atom. The van der Waals surface area contributed by atoms with E-state index in [2.05, 4.69) is 22.2 Å². The summed E-state index contributed by atoms with van der Waals surface area (Å²) in [7, 11) is 1.52. The minimum absolute atomic E-state index is 0.0292. The third-order valence-corrected chi connectivity index (χ3v) is 6.85. The number of halogens is 3. The van der Waals surface area contributed by atoms with E-state index in [0.29, 0.717) is 28.3 Å². The Kier molecular flexibility index (Phi) is 7.05. The molecule has 34 heavy (non-hydrogen) atoms. The van der Waals surface area contributed by atoms with Gasteiger partial charge in [0.15, 0.2) is 0 Å². The second-order valence-corrected chi connectivity index (χ2v) is 8.82. The maximum absolute atomic E-state index is 13.3. The van der Waals surface area contributed by atoms with Crippen LogP contribution in [0.1, 0.15) is 66.4 Å². The van der Waals surface area contributed by atoms with Crippen LogP contribution in [0.2, 0.25) is 0 Å². The molecule has 1 aliphatic carbocycles. The van der Waals surface area contributed by atoms with E-state index in [1.807, 2.05) is 6.07 Å². The van der Waals surface area contributed by atoms with Crippen LogP contribution in [-0.2, 0) is 6.18 Å². The number of alkyl halides is 3. The van der Waals surface area contributed by atoms with Crippen LogP contribution in [0.5, 0.6) is 5.88 Å². The normalized spacial score (nSPS) is 19.6. The summed E-state index contributed by atoms with van der Waals surface area (Å²) in [6.07, 6.45) is 3.10. The number of methoxy groups -OCH3 is 1. The molecule has 0 spiro atoms. The van der Waals surface area contributed by atoms with E-state index >= 15 is 0 Å². The van der Waals surface area contributed by atoms with Crippen molar-refractivity contribution in [3.8, 4) is 5.88 Å². The highest BCUT2D eigenvalue weighted by molar-refractivity contribution is 5.94. The van der Waals surface area contributed by atoms with Crippen LogP contribution < -0.4 is 10.1 Å². The SMILES string of the molecule is CC[C@@H](NC(=O)c1ccc(OC)nc1)C1CCC(c2ccnc3ccc(C(F)(F)F)cc23)CC1. The van der Waals surface area contributed by atoms with Gasteiger partial charge in [0.05, 0.1) is 23.8 Å². The lowest BCUT2D eigenvalue weighted by atomic mass is 9.75. The number of hydrogen-bond donors (Lipinski definition) is 1. The number of hydrogen-bond acceptors (Lipinski definition) is 4. The van der Waals surface area contributed by atoms with Crippen LogP contribution in [0.25, 0.3) is 10.9 Å². The quantitative estimate of drug-likeness (QED) is 0.469. The molecule has 1 aromatic carbocycles. The second-order valence-electron chi connectivity index (χ2n) is 8.82. The Labute approximate surface area is 196 Å². The molecule has 0 aliphatic heterocycles. The Morgan fingerprint density at radius 2 is 1.88 bits per heavy atom. The van der Waals surface area contributed by atoms with Gasteiger partial charge in [0, 0.05) is 29.9 Å². The maximum atomic E-state index is 13.3. The molecule has 0 bridgehead atoms. The minimum Gasteiger partial charge on any atom is -0.481 e. The number of amides is 1. The Balaban J connectivity index is 1.44. The number of benzene rings is 1. The summed E-state index contributed by atoms with van der Waals surface area (Å²) in [6.45, 7) is 2.05. The Bertz CT molecular complexity index is 1140. The van der Waals surface area contributed by atoms with Crippen LogP contribution in [0, 0.1) is 5.92 Å². The Hall–Kier alpha value is -3.16. The molecular weight excluding hydrogens is 443 g/mol. The van der Waals surface area contributed by atoms with Gasteiger partial charge in [0.1, 0.15) is 0 Å². The maximum Gasteiger partial charge on any atom is 0.416 e. The first-order chi connectivity index (χ1) is 16.3. The largest absolute Gasteiger partial charge is 0.481 e. The van der Waals surface area contributed by atoms with Gasteiger partial charge in [-0.1, -0.05) is 6.92 Å². The van der Waals surface area contributed by atoms with Crippen molar-refractivity contribution in [3.63, 3.8) is 0 Å². The highest BCUT2D eigenvalue weighted by atomic mass is 19.4. The van der Waals surface area contributed by atoms with Crippen LogP contribution >= 0.6 is 0 Å². The number of ether oxygens (including phenoxy) is 1. The lowest BCUT2D eigenvalue weighted by Gasteiger charge is -2.34. The number of rotatable bonds is 6. The lowest BCUT2D eigenvalue weighted by molar-refractivity contribution is -0.137. The number of nitrogens with one attached hydrogen (secondary N) is 1. The number of fused-ring (bicyclic) bond motifs is 1. The number of nitrogens with zero attached hydrogens (tertiary/aromatic N) is 2. The average Bonchev–Trinajstić information content (AvgIpc) is 2.86. The van der Waals surface area contributed by atoms with Crippen molar-refractivity contribution in [2.24, 2.45) is 5.92 Å². The molecule has 1 N–H and O–H groups in total. The predicted molar refractivity (Wildman–Crippen MR) is 124 cm³/mol. The van der Waals surface area contributed by atoms with E-state index in [1.165, 1.54) is 25.4 Å². The zero-order chi connectivity index (χ0) is 24.3. The van der Waals surface area contributed by atoms with Crippen LogP contribution in [-0.4, -0.2) is 29.0 Å². The molecule has 5 nitrogen and oxygen atoms in total. The van der Waals surface area contributed by atoms with Crippen LogP contribution in [0.15, 0.2) is 48.8 Å². The molecule has 1 fully saturated rings. The van der Waals surface area contributed by atoms with Crippen molar-refractivity contribution in [3.05, 3.63) is 65.5 Å². The Morgan fingerprint density at radius 1 is 1.12 bits per heavy atom. The molecule has 0 radical (unpaired) electrons. The van der Waals surface area contributed by atoms with Gasteiger partial charge in [0.2, 0.25) is 5.88 Å². The number of pyridine rings is 2. The first kappa shape index (κ1) is 24.0. The number of aromatic nitrogens is 2. The molecule has 1 saturated carbocycles. The van der Waals surface area contributed by atoms with E-state index < -0.39 is 11.7 Å². The van der Waals surface area contributed by atoms with E-state index in [1.54, 1.807) is 18.3 Å². The molecule has 1 atom stereocenters. The van der Waals surface area contributed by atoms with Crippen molar-refractivity contribution in [1.29, 1.82) is 0 Å². The standard InChI is InChI=1S/C26H28F3N3O2/c1-3-22(32-25(33)18-8-11-24(34-2)31-15-18)17-6-4-16(5-7-17)20-12-13-30-23-10-9-19(14-21(20)23)26(27,28)29/h8-17,22H,3-7H2,1-2H3,(H,32,33)/t16?,17?,22-/m1/s1. The highest BCUT2D eigenvalue weighted by Gasteiger charge is 2.32. The molecule has 8 heteroatoms. The molecule has 180 valence electrons. The second kappa shape index (κ2) is 9.99. The summed E-state index contributed by atoms with van der Waals surface area (Å²) in [6, 6.07) is 8.98. The highest BCUT2D eigenvalue weighted by Crippen LogP contribution is 2.41. The van der Waals surface area contributed by atoms with Crippen molar-refractivity contribution in [2.75, 3.05) is 7.11 Å². The molecular formula is C26H28F3N3O2. The molecule has 1 amide bonds. The predicted octanol–water partition coefficient (Wildman–Crippen LogP) is 6.14. The van der Waals surface area contributed by atoms with Gasteiger partial charge in [0.25, 0.3) is 5.91 Å². The summed E-state index contributed by atoms with van der Waals surface area (Å²) in [5.74, 6) is 0.774. The fourth-order valence-corrected chi connectivity index (χ4v) is 4.97. The summed E-state index contributed by atoms with van der Waals surface area (Å²) in [5.41, 5.74) is 1.34. The van der Waals surface area contributed by atoms with Gasteiger partial charge in [-0.2, -0.15) is 13.2 Å². The van der Waals surface area contributed by atoms with Crippen molar-refractivity contribution in [1.82, 2.24) is 15.3 Å².